The fourth-order valence-electron chi connectivity index (χ4n) is 1.82. The lowest BCUT2D eigenvalue weighted by molar-refractivity contribution is -0.133. The van der Waals surface area contributed by atoms with Gasteiger partial charge in [-0.3, -0.25) is 4.79 Å². The molecule has 5 nitrogen and oxygen atoms in total. The zero-order valence-electron chi connectivity index (χ0n) is 12.3. The normalized spacial score (nSPS) is 10.3. The van der Waals surface area contributed by atoms with Crippen molar-refractivity contribution in [1.82, 2.24) is 4.90 Å². The molecule has 0 saturated heterocycles. The first kappa shape index (κ1) is 15.8. The van der Waals surface area contributed by atoms with Gasteiger partial charge in [0.2, 0.25) is 5.76 Å². The Kier molecular flexibility index (Phi) is 4.93. The molecule has 1 amide bonds. The summed E-state index contributed by atoms with van der Waals surface area (Å²) in [6.07, 6.45) is 0. The van der Waals surface area contributed by atoms with E-state index in [4.69, 9.17) is 9.15 Å². The summed E-state index contributed by atoms with van der Waals surface area (Å²) in [7, 11) is 1.51. The molecule has 0 unspecified atom stereocenters. The largest absolute Gasteiger partial charge is 0.454 e. The molecule has 0 radical (unpaired) electrons. The molecule has 22 heavy (non-hydrogen) atoms. The van der Waals surface area contributed by atoms with Gasteiger partial charge in [-0.15, -0.1) is 0 Å². The Hall–Kier alpha value is -2.63. The van der Waals surface area contributed by atoms with Gasteiger partial charge < -0.3 is 14.1 Å². The SMILES string of the molecule is Cc1ccc(C(=O)OCC(=O)N(C)Cc2ccccc2F)o1. The van der Waals surface area contributed by atoms with E-state index in [9.17, 15) is 14.0 Å². The predicted molar refractivity (Wildman–Crippen MR) is 76.6 cm³/mol. The molecule has 6 heteroatoms. The molecular formula is C16H16FNO4. The topological polar surface area (TPSA) is 59.8 Å². The first-order valence-corrected chi connectivity index (χ1v) is 6.68. The number of carbonyl (C=O) groups excluding carboxylic acids is 2. The summed E-state index contributed by atoms with van der Waals surface area (Å²) in [5.74, 6) is -0.900. The van der Waals surface area contributed by atoms with E-state index in [1.54, 1.807) is 31.2 Å². The number of benzene rings is 1. The highest BCUT2D eigenvalue weighted by Gasteiger charge is 2.16. The second kappa shape index (κ2) is 6.89. The molecule has 0 fully saturated rings. The van der Waals surface area contributed by atoms with Crippen LogP contribution in [-0.2, 0) is 16.1 Å². The number of ether oxygens (including phenoxy) is 1. The number of rotatable bonds is 5. The van der Waals surface area contributed by atoms with Crippen molar-refractivity contribution < 1.29 is 23.1 Å². The lowest BCUT2D eigenvalue weighted by Crippen LogP contribution is -2.31. The highest BCUT2D eigenvalue weighted by atomic mass is 19.1. The van der Waals surface area contributed by atoms with Crippen LogP contribution in [0.4, 0.5) is 4.39 Å². The van der Waals surface area contributed by atoms with Crippen LogP contribution >= 0.6 is 0 Å². The zero-order valence-corrected chi connectivity index (χ0v) is 12.3. The summed E-state index contributed by atoms with van der Waals surface area (Å²) in [6.45, 7) is 1.37. The van der Waals surface area contributed by atoms with Crippen LogP contribution in [0.25, 0.3) is 0 Å². The van der Waals surface area contributed by atoms with Crippen molar-refractivity contribution in [2.24, 2.45) is 0 Å². The van der Waals surface area contributed by atoms with Crippen molar-refractivity contribution in [2.45, 2.75) is 13.5 Å². The second-order valence-electron chi connectivity index (χ2n) is 4.83. The molecule has 1 aromatic carbocycles. The Balaban J connectivity index is 1.86. The van der Waals surface area contributed by atoms with Gasteiger partial charge in [-0.2, -0.15) is 0 Å². The molecule has 2 aromatic rings. The molecule has 0 spiro atoms. The maximum Gasteiger partial charge on any atom is 0.374 e. The molecule has 1 aromatic heterocycles. The quantitative estimate of drug-likeness (QED) is 0.797. The van der Waals surface area contributed by atoms with E-state index < -0.39 is 18.5 Å². The van der Waals surface area contributed by atoms with Gasteiger partial charge in [0.15, 0.2) is 6.61 Å². The van der Waals surface area contributed by atoms with E-state index >= 15 is 0 Å². The highest BCUT2D eigenvalue weighted by molar-refractivity contribution is 5.88. The molecule has 0 N–H and O–H groups in total. The smallest absolute Gasteiger partial charge is 0.374 e. The van der Waals surface area contributed by atoms with Crippen molar-refractivity contribution in [3.05, 3.63) is 59.3 Å². The summed E-state index contributed by atoms with van der Waals surface area (Å²) >= 11 is 0. The van der Waals surface area contributed by atoms with Crippen LogP contribution in [0.5, 0.6) is 0 Å². The molecular weight excluding hydrogens is 289 g/mol. The summed E-state index contributed by atoms with van der Waals surface area (Å²) in [4.78, 5) is 24.8. The van der Waals surface area contributed by atoms with Gasteiger partial charge in [0.1, 0.15) is 11.6 Å². The van der Waals surface area contributed by atoms with Crippen LogP contribution in [0.2, 0.25) is 0 Å². The van der Waals surface area contributed by atoms with E-state index in [0.717, 1.165) is 0 Å². The average molecular weight is 305 g/mol. The standard InChI is InChI=1S/C16H16FNO4/c1-11-7-8-14(22-11)16(20)21-10-15(19)18(2)9-12-5-3-4-6-13(12)17/h3-8H,9-10H2,1-2H3. The molecule has 0 atom stereocenters. The fourth-order valence-corrected chi connectivity index (χ4v) is 1.82. The van der Waals surface area contributed by atoms with Crippen LogP contribution < -0.4 is 0 Å². The predicted octanol–water partition coefficient (Wildman–Crippen LogP) is 2.54. The van der Waals surface area contributed by atoms with Gasteiger partial charge in [-0.05, 0) is 25.1 Å². The van der Waals surface area contributed by atoms with Crippen LogP contribution in [0, 0.1) is 12.7 Å². The number of hydrogen-bond acceptors (Lipinski definition) is 4. The van der Waals surface area contributed by atoms with E-state index in [-0.39, 0.29) is 18.1 Å². The van der Waals surface area contributed by atoms with Crippen molar-refractivity contribution in [3.8, 4) is 0 Å². The minimum atomic E-state index is -0.708. The van der Waals surface area contributed by atoms with Gasteiger partial charge in [-0.25, -0.2) is 9.18 Å². The summed E-state index contributed by atoms with van der Waals surface area (Å²) in [6, 6.07) is 9.29. The lowest BCUT2D eigenvalue weighted by atomic mass is 10.2. The maximum atomic E-state index is 13.5. The third-order valence-corrected chi connectivity index (χ3v) is 3.06. The van der Waals surface area contributed by atoms with Crippen molar-refractivity contribution in [2.75, 3.05) is 13.7 Å². The van der Waals surface area contributed by atoms with Gasteiger partial charge >= 0.3 is 5.97 Å². The molecule has 1 heterocycles. The first-order valence-electron chi connectivity index (χ1n) is 6.68. The van der Waals surface area contributed by atoms with Crippen molar-refractivity contribution in [3.63, 3.8) is 0 Å². The number of hydrogen-bond donors (Lipinski definition) is 0. The van der Waals surface area contributed by atoms with Crippen LogP contribution in [-0.4, -0.2) is 30.4 Å². The van der Waals surface area contributed by atoms with E-state index in [2.05, 4.69) is 0 Å². The third-order valence-electron chi connectivity index (χ3n) is 3.06. The Labute approximate surface area is 127 Å². The van der Waals surface area contributed by atoms with Gasteiger partial charge in [0, 0.05) is 19.2 Å². The number of esters is 1. The van der Waals surface area contributed by atoms with Gasteiger partial charge in [-0.1, -0.05) is 18.2 Å². The summed E-state index contributed by atoms with van der Waals surface area (Å²) in [5, 5.41) is 0. The monoisotopic (exact) mass is 305 g/mol. The van der Waals surface area contributed by atoms with Crippen LogP contribution in [0.3, 0.4) is 0 Å². The highest BCUT2D eigenvalue weighted by Crippen LogP contribution is 2.10. The molecule has 0 bridgehead atoms. The van der Waals surface area contributed by atoms with Crippen molar-refractivity contribution >= 4 is 11.9 Å². The summed E-state index contributed by atoms with van der Waals surface area (Å²) in [5.41, 5.74) is 0.395. The number of carbonyl (C=O) groups is 2. The van der Waals surface area contributed by atoms with Crippen LogP contribution in [0.1, 0.15) is 21.9 Å². The van der Waals surface area contributed by atoms with Crippen LogP contribution in [0.15, 0.2) is 40.8 Å². The molecule has 2 rings (SSSR count). The molecule has 0 aliphatic carbocycles. The maximum absolute atomic E-state index is 13.5. The zero-order chi connectivity index (χ0) is 16.1. The minimum Gasteiger partial charge on any atom is -0.454 e. The average Bonchev–Trinajstić information content (AvgIpc) is 2.93. The number of furan rings is 1. The Bertz CT molecular complexity index is 680. The molecule has 0 saturated carbocycles. The molecule has 0 aliphatic rings. The van der Waals surface area contributed by atoms with E-state index in [1.807, 2.05) is 0 Å². The lowest BCUT2D eigenvalue weighted by Gasteiger charge is -2.17. The molecule has 0 aliphatic heterocycles. The third kappa shape index (κ3) is 3.94. The fraction of sp³-hybridized carbons (Fsp3) is 0.250. The number of halogens is 1. The van der Waals surface area contributed by atoms with E-state index in [1.165, 1.54) is 24.1 Å². The van der Waals surface area contributed by atoms with Gasteiger partial charge in [0.25, 0.3) is 5.91 Å². The number of amides is 1. The van der Waals surface area contributed by atoms with Gasteiger partial charge in [0.05, 0.1) is 0 Å². The first-order chi connectivity index (χ1) is 10.5. The Morgan fingerprint density at radius 1 is 1.23 bits per heavy atom. The Morgan fingerprint density at radius 3 is 2.59 bits per heavy atom. The number of nitrogens with zero attached hydrogens (tertiary/aromatic N) is 1. The second-order valence-corrected chi connectivity index (χ2v) is 4.83. The van der Waals surface area contributed by atoms with E-state index in [0.29, 0.717) is 11.3 Å². The number of likely N-dealkylation sites (N-methyl/N-ethyl adjacent to an activating group) is 1. The Morgan fingerprint density at radius 2 is 1.95 bits per heavy atom. The molecule has 116 valence electrons. The van der Waals surface area contributed by atoms with Crippen molar-refractivity contribution in [1.29, 1.82) is 0 Å². The minimum absolute atomic E-state index is 0.0436. The summed E-state index contributed by atoms with van der Waals surface area (Å²) < 4.78 is 23.5. The number of aryl methyl sites for hydroxylation is 1.